The highest BCUT2D eigenvalue weighted by Gasteiger charge is 2.27. The number of aryl methyl sites for hydroxylation is 1. The van der Waals surface area contributed by atoms with E-state index in [9.17, 15) is 4.79 Å². The fourth-order valence-electron chi connectivity index (χ4n) is 3.53. The smallest absolute Gasteiger partial charge is 0.264 e. The molecule has 0 N–H and O–H groups in total. The Kier molecular flexibility index (Phi) is 5.26. The average molecular weight is 381 g/mol. The van der Waals surface area contributed by atoms with Gasteiger partial charge in [0.15, 0.2) is 6.61 Å². The van der Waals surface area contributed by atoms with Crippen LogP contribution in [-0.4, -0.2) is 24.0 Å². The number of ether oxygens (including phenoxy) is 1. The Balaban J connectivity index is 1.80. The zero-order valence-electron chi connectivity index (χ0n) is 18.2. The summed E-state index contributed by atoms with van der Waals surface area (Å²) >= 11 is 0. The minimum Gasteiger partial charge on any atom is -0.483 e. The lowest BCUT2D eigenvalue weighted by Crippen LogP contribution is -2.33. The fraction of sp³-hybridized carbons (Fsp3) is 0.500. The van der Waals surface area contributed by atoms with E-state index in [1.165, 1.54) is 5.56 Å². The SMILES string of the molecule is Cc1cnc2c(c1)N(C(=O)COc1ccc(C(C)(C)C)cc1C(C)(C)C)CC2. The summed E-state index contributed by atoms with van der Waals surface area (Å²) in [6.07, 6.45) is 2.66. The molecule has 1 aromatic heterocycles. The Labute approximate surface area is 168 Å². The van der Waals surface area contributed by atoms with Crippen LogP contribution in [0.1, 0.15) is 63.9 Å². The highest BCUT2D eigenvalue weighted by atomic mass is 16.5. The van der Waals surface area contributed by atoms with E-state index in [-0.39, 0.29) is 23.3 Å². The molecule has 1 aliphatic rings. The van der Waals surface area contributed by atoms with E-state index < -0.39 is 0 Å². The van der Waals surface area contributed by atoms with Gasteiger partial charge in [-0.1, -0.05) is 53.7 Å². The first-order chi connectivity index (χ1) is 13.0. The van der Waals surface area contributed by atoms with Crippen molar-refractivity contribution in [3.05, 3.63) is 52.8 Å². The Morgan fingerprint density at radius 1 is 1.11 bits per heavy atom. The van der Waals surface area contributed by atoms with Gasteiger partial charge in [-0.05, 0) is 46.6 Å². The second-order valence-electron chi connectivity index (χ2n) is 9.77. The van der Waals surface area contributed by atoms with Crippen LogP contribution in [0.4, 0.5) is 5.69 Å². The molecule has 0 fully saturated rings. The molecule has 2 heterocycles. The van der Waals surface area contributed by atoms with Crippen LogP contribution in [0.3, 0.4) is 0 Å². The highest BCUT2D eigenvalue weighted by Crippen LogP contribution is 2.35. The first-order valence-electron chi connectivity index (χ1n) is 10.0. The molecule has 1 aliphatic heterocycles. The van der Waals surface area contributed by atoms with Crippen molar-refractivity contribution in [2.24, 2.45) is 0 Å². The number of benzene rings is 1. The molecule has 4 heteroatoms. The Morgan fingerprint density at radius 2 is 1.82 bits per heavy atom. The minimum atomic E-state index is -0.0685. The van der Waals surface area contributed by atoms with Crippen LogP contribution in [-0.2, 0) is 22.0 Å². The Bertz CT molecular complexity index is 888. The van der Waals surface area contributed by atoms with E-state index >= 15 is 0 Å². The van der Waals surface area contributed by atoms with Gasteiger partial charge in [0.05, 0.1) is 11.4 Å². The maximum atomic E-state index is 12.9. The third-order valence-electron chi connectivity index (χ3n) is 5.25. The molecule has 0 saturated carbocycles. The number of carbonyl (C=O) groups excluding carboxylic acids is 1. The summed E-state index contributed by atoms with van der Waals surface area (Å²) < 4.78 is 6.04. The summed E-state index contributed by atoms with van der Waals surface area (Å²) in [5, 5.41) is 0. The van der Waals surface area contributed by atoms with Crippen LogP contribution in [0, 0.1) is 6.92 Å². The quantitative estimate of drug-likeness (QED) is 0.756. The van der Waals surface area contributed by atoms with Crippen molar-refractivity contribution in [2.75, 3.05) is 18.1 Å². The first-order valence-corrected chi connectivity index (χ1v) is 10.0. The summed E-state index contributed by atoms with van der Waals surface area (Å²) in [6, 6.07) is 8.37. The normalized spacial score (nSPS) is 14.2. The number of pyridine rings is 1. The van der Waals surface area contributed by atoms with Gasteiger partial charge in [0.2, 0.25) is 0 Å². The molecule has 0 aliphatic carbocycles. The van der Waals surface area contributed by atoms with Gasteiger partial charge in [0.1, 0.15) is 5.75 Å². The number of hydrogen-bond acceptors (Lipinski definition) is 3. The third kappa shape index (κ3) is 4.21. The monoisotopic (exact) mass is 380 g/mol. The largest absolute Gasteiger partial charge is 0.483 e. The van der Waals surface area contributed by atoms with Gasteiger partial charge in [-0.3, -0.25) is 9.78 Å². The first kappa shape index (κ1) is 20.4. The molecule has 0 radical (unpaired) electrons. The van der Waals surface area contributed by atoms with Crippen molar-refractivity contribution in [1.82, 2.24) is 4.98 Å². The van der Waals surface area contributed by atoms with Crippen LogP contribution >= 0.6 is 0 Å². The number of carbonyl (C=O) groups is 1. The van der Waals surface area contributed by atoms with Crippen LogP contribution in [0.2, 0.25) is 0 Å². The lowest BCUT2D eigenvalue weighted by molar-refractivity contribution is -0.120. The second-order valence-corrected chi connectivity index (χ2v) is 9.77. The number of aromatic nitrogens is 1. The van der Waals surface area contributed by atoms with Gasteiger partial charge in [-0.2, -0.15) is 0 Å². The highest BCUT2D eigenvalue weighted by molar-refractivity contribution is 5.96. The molecule has 28 heavy (non-hydrogen) atoms. The van der Waals surface area contributed by atoms with Gasteiger partial charge in [0, 0.05) is 19.2 Å². The second kappa shape index (κ2) is 7.23. The Morgan fingerprint density at radius 3 is 2.46 bits per heavy atom. The zero-order chi connectivity index (χ0) is 20.7. The van der Waals surface area contributed by atoms with Crippen LogP contribution < -0.4 is 9.64 Å². The van der Waals surface area contributed by atoms with Gasteiger partial charge in [-0.15, -0.1) is 0 Å². The lowest BCUT2D eigenvalue weighted by Gasteiger charge is -2.27. The Hall–Kier alpha value is -2.36. The van der Waals surface area contributed by atoms with Crippen molar-refractivity contribution in [3.8, 4) is 5.75 Å². The number of anilines is 1. The maximum absolute atomic E-state index is 12.9. The molecular weight excluding hydrogens is 348 g/mol. The number of rotatable bonds is 3. The van der Waals surface area contributed by atoms with Crippen LogP contribution in [0.15, 0.2) is 30.5 Å². The molecular formula is C24H32N2O2. The van der Waals surface area contributed by atoms with E-state index in [1.54, 1.807) is 4.90 Å². The standard InChI is InChI=1S/C24H32N2O2/c1-16-12-20-19(25-14-16)10-11-26(20)22(27)15-28-21-9-8-17(23(2,3)4)13-18(21)24(5,6)7/h8-9,12-14H,10-11,15H2,1-7H3. The molecule has 4 nitrogen and oxygen atoms in total. The molecule has 0 unspecified atom stereocenters. The molecule has 3 rings (SSSR count). The summed E-state index contributed by atoms with van der Waals surface area (Å²) in [7, 11) is 0. The van der Waals surface area contributed by atoms with Gasteiger partial charge in [0.25, 0.3) is 5.91 Å². The summed E-state index contributed by atoms with van der Waals surface area (Å²) in [5.74, 6) is 0.765. The zero-order valence-corrected chi connectivity index (χ0v) is 18.2. The average Bonchev–Trinajstić information content (AvgIpc) is 3.01. The fourth-order valence-corrected chi connectivity index (χ4v) is 3.53. The molecule has 0 spiro atoms. The van der Waals surface area contributed by atoms with Crippen molar-refractivity contribution >= 4 is 11.6 Å². The van der Waals surface area contributed by atoms with Gasteiger partial charge in [-0.25, -0.2) is 0 Å². The van der Waals surface area contributed by atoms with Crippen molar-refractivity contribution in [3.63, 3.8) is 0 Å². The van der Waals surface area contributed by atoms with E-state index in [4.69, 9.17) is 4.74 Å². The third-order valence-corrected chi connectivity index (χ3v) is 5.25. The van der Waals surface area contributed by atoms with Gasteiger partial charge < -0.3 is 9.64 Å². The predicted octanol–water partition coefficient (Wildman–Crippen LogP) is 4.95. The maximum Gasteiger partial charge on any atom is 0.264 e. The number of nitrogens with zero attached hydrogens (tertiary/aromatic N) is 2. The van der Waals surface area contributed by atoms with Crippen LogP contribution in [0.5, 0.6) is 5.75 Å². The van der Waals surface area contributed by atoms with E-state index in [0.29, 0.717) is 6.54 Å². The van der Waals surface area contributed by atoms with Crippen molar-refractivity contribution in [1.29, 1.82) is 0 Å². The van der Waals surface area contributed by atoms with Crippen molar-refractivity contribution < 1.29 is 9.53 Å². The summed E-state index contributed by atoms with van der Waals surface area (Å²) in [4.78, 5) is 19.1. The molecule has 1 amide bonds. The molecule has 0 bridgehead atoms. The molecule has 1 aromatic carbocycles. The predicted molar refractivity (Wildman–Crippen MR) is 114 cm³/mol. The van der Waals surface area contributed by atoms with E-state index in [1.807, 2.05) is 25.3 Å². The molecule has 0 saturated heterocycles. The number of hydrogen-bond donors (Lipinski definition) is 0. The van der Waals surface area contributed by atoms with E-state index in [2.05, 4.69) is 58.7 Å². The molecule has 150 valence electrons. The van der Waals surface area contributed by atoms with E-state index in [0.717, 1.165) is 34.7 Å². The summed E-state index contributed by atoms with van der Waals surface area (Å²) in [5.41, 5.74) is 5.38. The van der Waals surface area contributed by atoms with Crippen molar-refractivity contribution in [2.45, 2.75) is 65.7 Å². The molecule has 0 atom stereocenters. The topological polar surface area (TPSA) is 42.4 Å². The van der Waals surface area contributed by atoms with Gasteiger partial charge >= 0.3 is 0 Å². The summed E-state index contributed by atoms with van der Waals surface area (Å²) in [6.45, 7) is 15.8. The lowest BCUT2D eigenvalue weighted by atomic mass is 9.80. The van der Waals surface area contributed by atoms with Crippen LogP contribution in [0.25, 0.3) is 0 Å². The molecule has 2 aromatic rings. The number of fused-ring (bicyclic) bond motifs is 1. The minimum absolute atomic E-state index is 0.0223. The number of amides is 1.